The number of hydrogen-bond donors (Lipinski definition) is 1. The molecule has 2 aromatic heterocycles. The van der Waals surface area contributed by atoms with E-state index in [1.165, 1.54) is 22.3 Å². The smallest absolute Gasteiger partial charge is 0.230 e. The second kappa shape index (κ2) is 14.4. The van der Waals surface area contributed by atoms with Gasteiger partial charge in [-0.25, -0.2) is 4.98 Å². The fourth-order valence-corrected chi connectivity index (χ4v) is 7.16. The van der Waals surface area contributed by atoms with Crippen molar-refractivity contribution >= 4 is 22.0 Å². The summed E-state index contributed by atoms with van der Waals surface area (Å²) < 4.78 is 6.67. The number of phenols is 1. The molecule has 4 nitrogen and oxygen atoms in total. The zero-order valence-electron chi connectivity index (χ0n) is 35.2. The first-order valence-corrected chi connectivity index (χ1v) is 19.5. The van der Waals surface area contributed by atoms with Crippen LogP contribution in [0.15, 0.2) is 95.5 Å². The van der Waals surface area contributed by atoms with Crippen LogP contribution in [0.5, 0.6) is 5.75 Å². The zero-order chi connectivity index (χ0) is 39.8. The molecular formula is C51H55N2O2Pt-. The van der Waals surface area contributed by atoms with Crippen LogP contribution in [0.4, 0.5) is 0 Å². The number of benzene rings is 5. The molecular weight excluding hydrogens is 868 g/mol. The molecule has 2 heterocycles. The number of pyridine rings is 1. The van der Waals surface area contributed by atoms with E-state index in [4.69, 9.17) is 14.4 Å². The molecule has 7 aromatic rings. The van der Waals surface area contributed by atoms with Crippen LogP contribution in [0.3, 0.4) is 0 Å². The zero-order valence-corrected chi connectivity index (χ0v) is 37.5. The molecule has 56 heavy (non-hydrogen) atoms. The van der Waals surface area contributed by atoms with Gasteiger partial charge in [0.25, 0.3) is 0 Å². The summed E-state index contributed by atoms with van der Waals surface area (Å²) in [6, 6.07) is 33.8. The van der Waals surface area contributed by atoms with E-state index < -0.39 is 0 Å². The van der Waals surface area contributed by atoms with E-state index in [0.717, 1.165) is 55.4 Å². The Kier molecular flexibility index (Phi) is 10.6. The number of aromatic nitrogens is 2. The number of fused-ring (bicyclic) bond motifs is 2. The van der Waals surface area contributed by atoms with E-state index in [1.807, 2.05) is 18.3 Å². The van der Waals surface area contributed by atoms with Crippen LogP contribution in [0.1, 0.15) is 111 Å². The number of aryl methyl sites for hydroxylation is 1. The number of nitrogens with zero attached hydrogens (tertiary/aromatic N) is 2. The minimum Gasteiger partial charge on any atom is -0.507 e. The summed E-state index contributed by atoms with van der Waals surface area (Å²) in [5.41, 5.74) is 14.7. The van der Waals surface area contributed by atoms with Gasteiger partial charge in [-0.2, -0.15) is 0 Å². The maximum atomic E-state index is 11.1. The van der Waals surface area contributed by atoms with Crippen LogP contribution in [-0.4, -0.2) is 15.1 Å². The monoisotopic (exact) mass is 922 g/mol. The Morgan fingerprint density at radius 2 is 1.09 bits per heavy atom. The Morgan fingerprint density at radius 1 is 0.554 bits per heavy atom. The molecule has 0 saturated heterocycles. The van der Waals surface area contributed by atoms with Crippen LogP contribution in [0.2, 0.25) is 0 Å². The van der Waals surface area contributed by atoms with Gasteiger partial charge in [0.15, 0.2) is 0 Å². The predicted molar refractivity (Wildman–Crippen MR) is 231 cm³/mol. The molecule has 0 fully saturated rings. The Balaban J connectivity index is 0.00000532. The molecule has 0 atom stereocenters. The molecule has 0 saturated carbocycles. The third-order valence-corrected chi connectivity index (χ3v) is 10.9. The van der Waals surface area contributed by atoms with Crippen molar-refractivity contribution in [3.05, 3.63) is 125 Å². The molecule has 7 rings (SSSR count). The first kappa shape index (κ1) is 41.1. The summed E-state index contributed by atoms with van der Waals surface area (Å²) in [6.45, 7) is 29.0. The van der Waals surface area contributed by atoms with Crippen molar-refractivity contribution < 1.29 is 30.6 Å². The van der Waals surface area contributed by atoms with Gasteiger partial charge >= 0.3 is 0 Å². The molecule has 0 spiro atoms. The van der Waals surface area contributed by atoms with Crippen molar-refractivity contribution in [1.29, 1.82) is 0 Å². The van der Waals surface area contributed by atoms with Crippen molar-refractivity contribution in [2.24, 2.45) is 0 Å². The minimum atomic E-state index is -0.118. The van der Waals surface area contributed by atoms with E-state index in [0.29, 0.717) is 17.0 Å². The maximum absolute atomic E-state index is 11.1. The molecule has 0 unspecified atom stereocenters. The molecule has 0 aliphatic carbocycles. The number of rotatable bonds is 4. The maximum Gasteiger partial charge on any atom is 0.230 e. The molecule has 0 radical (unpaired) electrons. The van der Waals surface area contributed by atoms with Gasteiger partial charge in [0.05, 0.1) is 11.1 Å². The van der Waals surface area contributed by atoms with Crippen LogP contribution < -0.4 is 0 Å². The molecule has 5 heteroatoms. The van der Waals surface area contributed by atoms with Gasteiger partial charge in [0.2, 0.25) is 5.89 Å². The van der Waals surface area contributed by atoms with Crippen molar-refractivity contribution in [2.75, 3.05) is 0 Å². The quantitative estimate of drug-likeness (QED) is 0.179. The summed E-state index contributed by atoms with van der Waals surface area (Å²) in [5, 5.41) is 12.3. The van der Waals surface area contributed by atoms with Gasteiger partial charge in [-0.15, -0.1) is 35.4 Å². The predicted octanol–water partition coefficient (Wildman–Crippen LogP) is 14.0. The molecule has 0 aliphatic rings. The first-order valence-electron chi connectivity index (χ1n) is 19.5. The fraction of sp³-hybridized carbons (Fsp3) is 0.333. The molecule has 1 N–H and O–H groups in total. The number of phenolic OH excluding ortho intramolecular Hbond substituents is 1. The average Bonchev–Trinajstić information content (AvgIpc) is 3.53. The van der Waals surface area contributed by atoms with Crippen LogP contribution in [0, 0.1) is 13.0 Å². The van der Waals surface area contributed by atoms with Crippen molar-refractivity contribution in [1.82, 2.24) is 9.97 Å². The summed E-state index contributed by atoms with van der Waals surface area (Å²) in [4.78, 5) is 10.0. The molecule has 5 aromatic carbocycles. The van der Waals surface area contributed by atoms with E-state index in [2.05, 4.69) is 163 Å². The Hall–Kier alpha value is -4.53. The minimum absolute atomic E-state index is 0. The van der Waals surface area contributed by atoms with E-state index in [1.54, 1.807) is 6.07 Å². The summed E-state index contributed by atoms with van der Waals surface area (Å²) in [6.07, 6.45) is 1.90. The van der Waals surface area contributed by atoms with Crippen molar-refractivity contribution in [2.45, 2.75) is 112 Å². The normalized spacial score (nSPS) is 12.7. The second-order valence-corrected chi connectivity index (χ2v) is 19.4. The van der Waals surface area contributed by atoms with Gasteiger partial charge in [-0.1, -0.05) is 137 Å². The van der Waals surface area contributed by atoms with Crippen LogP contribution in [0.25, 0.3) is 66.8 Å². The molecule has 0 amide bonds. The standard InChI is InChI=1S/C51H55N2O2.Pt/c1-30-19-20-52-45-39(30)28-38(51(11,12)13)29-41(45)32-16-14-15-31(21-32)40-24-34(33-22-36(49(5,6)7)26-37(23-33)50(8,9)10)25-44-46(40)53-47(55-44)42-27-35(48(2,3)4)17-18-43(42)54;/h14-20,22-29,54H,1-13H3;/q-1;. The van der Waals surface area contributed by atoms with Crippen molar-refractivity contribution in [3.63, 3.8) is 0 Å². The summed E-state index contributed by atoms with van der Waals surface area (Å²) in [5.74, 6) is 0.520. The SMILES string of the molecule is Cc1ccnc2c(-c3[c-]c(-c4cc(-c5cc(C(C)(C)C)cc(C(C)(C)C)c5)cc5oc(-c6cc(C(C)(C)C)ccc6O)nc45)ccc3)cc(C(C)(C)C)cc12.[Pt]. The van der Waals surface area contributed by atoms with Gasteiger partial charge < -0.3 is 9.52 Å². The second-order valence-electron chi connectivity index (χ2n) is 19.4. The molecule has 0 bridgehead atoms. The number of oxazole rings is 1. The fourth-order valence-electron chi connectivity index (χ4n) is 7.16. The third kappa shape index (κ3) is 8.01. The van der Waals surface area contributed by atoms with E-state index in [-0.39, 0.29) is 48.5 Å². The largest absolute Gasteiger partial charge is 0.507 e. The summed E-state index contributed by atoms with van der Waals surface area (Å²) in [7, 11) is 0. The Bertz CT molecular complexity index is 2570. The van der Waals surface area contributed by atoms with E-state index >= 15 is 0 Å². The number of hydrogen-bond acceptors (Lipinski definition) is 4. The third-order valence-electron chi connectivity index (χ3n) is 10.9. The van der Waals surface area contributed by atoms with Gasteiger partial charge in [-0.05, 0) is 97.2 Å². The van der Waals surface area contributed by atoms with Gasteiger partial charge in [0.1, 0.15) is 11.3 Å². The molecule has 292 valence electrons. The average molecular weight is 923 g/mol. The van der Waals surface area contributed by atoms with Gasteiger partial charge in [0, 0.05) is 32.8 Å². The number of aromatic hydroxyl groups is 1. The summed E-state index contributed by atoms with van der Waals surface area (Å²) >= 11 is 0. The first-order chi connectivity index (χ1) is 25.6. The van der Waals surface area contributed by atoms with Gasteiger partial charge in [-0.3, -0.25) is 4.98 Å². The van der Waals surface area contributed by atoms with Crippen molar-refractivity contribution in [3.8, 4) is 50.6 Å². The Labute approximate surface area is 348 Å². The van der Waals surface area contributed by atoms with E-state index in [9.17, 15) is 5.11 Å². The Morgan fingerprint density at radius 3 is 1.68 bits per heavy atom. The topological polar surface area (TPSA) is 59.2 Å². The van der Waals surface area contributed by atoms with Crippen LogP contribution in [-0.2, 0) is 42.7 Å². The van der Waals surface area contributed by atoms with Crippen LogP contribution >= 0.6 is 0 Å². The molecule has 0 aliphatic heterocycles.